The molecule has 8 heteroatoms. The van der Waals surface area contributed by atoms with E-state index >= 15 is 0 Å². The summed E-state index contributed by atoms with van der Waals surface area (Å²) in [7, 11) is -2.15. The van der Waals surface area contributed by atoms with Gasteiger partial charge in [0, 0.05) is 0 Å². The normalized spacial score (nSPS) is 21.7. The molecule has 174 valence electrons. The minimum Gasteiger partial charge on any atom is -0.459 e. The van der Waals surface area contributed by atoms with E-state index in [1.165, 1.54) is 4.90 Å². The zero-order valence-corrected chi connectivity index (χ0v) is 21.8. The van der Waals surface area contributed by atoms with Crippen molar-refractivity contribution in [2.45, 2.75) is 111 Å². The third-order valence-electron chi connectivity index (χ3n) is 5.40. The van der Waals surface area contributed by atoms with Crippen LogP contribution in [-0.4, -0.2) is 61.0 Å². The number of esters is 2. The van der Waals surface area contributed by atoms with E-state index < -0.39 is 49.5 Å². The smallest absolute Gasteiger partial charge is 0.330 e. The molecule has 1 rings (SSSR count). The first-order chi connectivity index (χ1) is 13.2. The lowest BCUT2D eigenvalue weighted by Gasteiger charge is -2.50. The molecule has 0 aromatic carbocycles. The van der Waals surface area contributed by atoms with Crippen LogP contribution in [0.5, 0.6) is 0 Å². The van der Waals surface area contributed by atoms with Crippen LogP contribution in [0.3, 0.4) is 0 Å². The van der Waals surface area contributed by atoms with Crippen molar-refractivity contribution in [3.63, 3.8) is 0 Å². The van der Waals surface area contributed by atoms with Crippen molar-refractivity contribution in [3.05, 3.63) is 0 Å². The maximum Gasteiger partial charge on any atom is 0.330 e. The predicted molar refractivity (Wildman–Crippen MR) is 118 cm³/mol. The molecule has 30 heavy (non-hydrogen) atoms. The molecule has 0 aromatic heterocycles. The first kappa shape index (κ1) is 26.6. The second-order valence-corrected chi connectivity index (χ2v) is 16.4. The fraction of sp³-hybridized carbons (Fsp3) is 0.864. The molecule has 1 amide bonds. The van der Waals surface area contributed by atoms with Gasteiger partial charge in [-0.3, -0.25) is 9.59 Å². The van der Waals surface area contributed by atoms with E-state index in [-0.39, 0.29) is 17.5 Å². The molecule has 0 unspecified atom stereocenters. The molecule has 1 saturated heterocycles. The van der Waals surface area contributed by atoms with Crippen molar-refractivity contribution in [1.29, 1.82) is 0 Å². The number of ether oxygens (including phenoxy) is 2. The van der Waals surface area contributed by atoms with Gasteiger partial charge in [0.25, 0.3) is 0 Å². The minimum absolute atomic E-state index is 0.0360. The average molecular weight is 444 g/mol. The SMILES string of the molecule is C[C@@H](O[Si](C)(C)C(C)(C)C)[C@H]1C(=O)N(CC(=O)OC(C)(C)C)[C@@H]1C(=O)OC(C)(C)C. The van der Waals surface area contributed by atoms with Gasteiger partial charge in [-0.25, -0.2) is 4.79 Å². The Balaban J connectivity index is 3.09. The average Bonchev–Trinajstić information content (AvgIpc) is 2.44. The van der Waals surface area contributed by atoms with Crippen LogP contribution < -0.4 is 0 Å². The summed E-state index contributed by atoms with van der Waals surface area (Å²) in [5.41, 5.74) is -1.38. The molecule has 0 N–H and O–H groups in total. The Morgan fingerprint density at radius 2 is 1.43 bits per heavy atom. The summed E-state index contributed by atoms with van der Waals surface area (Å²) >= 11 is 0. The van der Waals surface area contributed by atoms with Gasteiger partial charge in [-0.05, 0) is 66.6 Å². The van der Waals surface area contributed by atoms with Crippen LogP contribution in [0.15, 0.2) is 0 Å². The zero-order chi connectivity index (χ0) is 23.9. The number of hydrogen-bond acceptors (Lipinski definition) is 6. The summed E-state index contributed by atoms with van der Waals surface area (Å²) in [5, 5.41) is -0.0360. The monoisotopic (exact) mass is 443 g/mol. The predicted octanol–water partition coefficient (Wildman–Crippen LogP) is 3.91. The van der Waals surface area contributed by atoms with Crippen LogP contribution >= 0.6 is 0 Å². The van der Waals surface area contributed by atoms with Crippen LogP contribution in [0.25, 0.3) is 0 Å². The standard InChI is InChI=1S/C22H41NO6Si/c1-14(29-30(11,12)22(8,9)10)16-17(19(26)28-21(5,6)7)23(18(16)25)13-15(24)27-20(2,3)4/h14,16-17H,13H2,1-12H3/t14-,16-,17+/m1/s1. The Morgan fingerprint density at radius 3 is 1.83 bits per heavy atom. The van der Waals surface area contributed by atoms with Gasteiger partial charge in [0.05, 0.1) is 12.0 Å². The van der Waals surface area contributed by atoms with E-state index in [0.717, 1.165) is 0 Å². The van der Waals surface area contributed by atoms with Crippen molar-refractivity contribution in [2.75, 3.05) is 6.54 Å². The van der Waals surface area contributed by atoms with Crippen LogP contribution in [0.1, 0.15) is 69.2 Å². The molecule has 0 saturated carbocycles. The molecule has 1 aliphatic heterocycles. The summed E-state index contributed by atoms with van der Waals surface area (Å²) in [6, 6.07) is -0.871. The molecule has 1 heterocycles. The summed E-state index contributed by atoms with van der Waals surface area (Å²) in [5.74, 6) is -2.05. The Morgan fingerprint density at radius 1 is 0.967 bits per heavy atom. The minimum atomic E-state index is -2.15. The van der Waals surface area contributed by atoms with Gasteiger partial charge in [-0.15, -0.1) is 0 Å². The van der Waals surface area contributed by atoms with E-state index in [0.29, 0.717) is 0 Å². The topological polar surface area (TPSA) is 82.1 Å². The highest BCUT2D eigenvalue weighted by Crippen LogP contribution is 2.40. The van der Waals surface area contributed by atoms with Crippen LogP contribution in [0.2, 0.25) is 18.1 Å². The van der Waals surface area contributed by atoms with Crippen molar-refractivity contribution < 1.29 is 28.3 Å². The van der Waals surface area contributed by atoms with Gasteiger partial charge in [-0.2, -0.15) is 0 Å². The zero-order valence-electron chi connectivity index (χ0n) is 20.8. The molecular weight excluding hydrogens is 402 g/mol. The van der Waals surface area contributed by atoms with Crippen molar-refractivity contribution in [3.8, 4) is 0 Å². The Hall–Kier alpha value is -1.41. The van der Waals surface area contributed by atoms with E-state index in [1.807, 2.05) is 6.92 Å². The fourth-order valence-electron chi connectivity index (χ4n) is 3.07. The van der Waals surface area contributed by atoms with Crippen LogP contribution in [-0.2, 0) is 28.3 Å². The second kappa shape index (κ2) is 8.61. The van der Waals surface area contributed by atoms with E-state index in [9.17, 15) is 14.4 Å². The molecule has 0 aliphatic carbocycles. The molecule has 0 aromatic rings. The maximum atomic E-state index is 13.0. The number of β-lactam (4-membered cyclic amide) rings is 1. The molecule has 7 nitrogen and oxygen atoms in total. The number of nitrogens with zero attached hydrogens (tertiary/aromatic N) is 1. The summed E-state index contributed by atoms with van der Waals surface area (Å²) in [6.45, 7) is 22.7. The number of rotatable bonds is 6. The summed E-state index contributed by atoms with van der Waals surface area (Å²) in [6.07, 6.45) is -0.467. The van der Waals surface area contributed by atoms with Crippen LogP contribution in [0.4, 0.5) is 0 Å². The van der Waals surface area contributed by atoms with Gasteiger partial charge < -0.3 is 18.8 Å². The maximum absolute atomic E-state index is 13.0. The molecule has 0 bridgehead atoms. The lowest BCUT2D eigenvalue weighted by Crippen LogP contribution is -2.70. The number of carbonyl (C=O) groups is 3. The molecule has 3 atom stereocenters. The van der Waals surface area contributed by atoms with Crippen molar-refractivity contribution >= 4 is 26.2 Å². The van der Waals surface area contributed by atoms with Gasteiger partial charge >= 0.3 is 11.9 Å². The number of carbonyl (C=O) groups excluding carboxylic acids is 3. The van der Waals surface area contributed by atoms with Crippen molar-refractivity contribution in [2.24, 2.45) is 5.92 Å². The molecule has 1 aliphatic rings. The summed E-state index contributed by atoms with van der Waals surface area (Å²) < 4.78 is 17.3. The molecule has 0 radical (unpaired) electrons. The molecular formula is C22H41NO6Si. The fourth-order valence-corrected chi connectivity index (χ4v) is 4.50. The van der Waals surface area contributed by atoms with E-state index in [2.05, 4.69) is 33.9 Å². The highest BCUT2D eigenvalue weighted by Gasteiger charge is 2.57. The number of likely N-dealkylation sites (tertiary alicyclic amines) is 1. The second-order valence-electron chi connectivity index (χ2n) is 11.6. The lowest BCUT2D eigenvalue weighted by molar-refractivity contribution is -0.190. The van der Waals surface area contributed by atoms with Crippen molar-refractivity contribution in [1.82, 2.24) is 4.90 Å². The highest BCUT2D eigenvalue weighted by molar-refractivity contribution is 6.74. The van der Waals surface area contributed by atoms with Gasteiger partial charge in [0.2, 0.25) is 5.91 Å². The first-order valence-electron chi connectivity index (χ1n) is 10.6. The van der Waals surface area contributed by atoms with E-state index in [1.54, 1.807) is 41.5 Å². The number of hydrogen-bond donors (Lipinski definition) is 0. The van der Waals surface area contributed by atoms with E-state index in [4.69, 9.17) is 13.9 Å². The van der Waals surface area contributed by atoms with Gasteiger partial charge in [0.15, 0.2) is 8.32 Å². The Bertz CT molecular complexity index is 669. The third-order valence-corrected chi connectivity index (χ3v) is 9.98. The third kappa shape index (κ3) is 6.80. The Labute approximate surface area is 182 Å². The first-order valence-corrected chi connectivity index (χ1v) is 13.5. The quantitative estimate of drug-likeness (QED) is 0.352. The number of amides is 1. The highest BCUT2D eigenvalue weighted by atomic mass is 28.4. The van der Waals surface area contributed by atoms with Crippen LogP contribution in [0, 0.1) is 5.92 Å². The molecule has 1 fully saturated rings. The summed E-state index contributed by atoms with van der Waals surface area (Å²) in [4.78, 5) is 39.4. The Kier molecular flexibility index (Phi) is 7.64. The van der Waals surface area contributed by atoms with Gasteiger partial charge in [0.1, 0.15) is 23.8 Å². The largest absolute Gasteiger partial charge is 0.459 e. The van der Waals surface area contributed by atoms with Gasteiger partial charge in [-0.1, -0.05) is 20.8 Å². The molecule has 0 spiro atoms. The lowest BCUT2D eigenvalue weighted by atomic mass is 9.83.